The van der Waals surface area contributed by atoms with Crippen molar-refractivity contribution in [3.8, 4) is 17.6 Å². The van der Waals surface area contributed by atoms with Crippen molar-refractivity contribution in [3.05, 3.63) is 24.0 Å². The van der Waals surface area contributed by atoms with Gasteiger partial charge in [0.05, 0.1) is 20.4 Å². The van der Waals surface area contributed by atoms with E-state index in [1.165, 1.54) is 14.2 Å². The van der Waals surface area contributed by atoms with Gasteiger partial charge in [0.1, 0.15) is 5.75 Å². The number of carbonyl (C=O) groups excluding carboxylic acids is 1. The number of aromatic nitrogens is 1. The first-order valence-corrected chi connectivity index (χ1v) is 3.85. The zero-order chi connectivity index (χ0) is 10.4. The zero-order valence-corrected chi connectivity index (χ0v) is 7.90. The molecule has 0 atom stereocenters. The van der Waals surface area contributed by atoms with Crippen LogP contribution in [0.15, 0.2) is 18.5 Å². The molecule has 0 aliphatic rings. The summed E-state index contributed by atoms with van der Waals surface area (Å²) in [5, 5.41) is 0. The summed E-state index contributed by atoms with van der Waals surface area (Å²) in [5.41, 5.74) is 0.606. The summed E-state index contributed by atoms with van der Waals surface area (Å²) in [6.45, 7) is 0. The average molecular weight is 191 g/mol. The van der Waals surface area contributed by atoms with Crippen molar-refractivity contribution in [1.82, 2.24) is 4.98 Å². The number of rotatable bonds is 1. The van der Waals surface area contributed by atoms with Crippen molar-refractivity contribution in [1.29, 1.82) is 0 Å². The summed E-state index contributed by atoms with van der Waals surface area (Å²) < 4.78 is 9.31. The van der Waals surface area contributed by atoms with Gasteiger partial charge in [-0.1, -0.05) is 5.92 Å². The molecule has 0 aliphatic heterocycles. The molecule has 4 heteroatoms. The third-order valence-corrected chi connectivity index (χ3v) is 1.44. The number of hydrogen-bond acceptors (Lipinski definition) is 4. The molecule has 1 heterocycles. The van der Waals surface area contributed by atoms with Crippen LogP contribution in [-0.4, -0.2) is 25.2 Å². The van der Waals surface area contributed by atoms with E-state index in [2.05, 4.69) is 21.6 Å². The summed E-state index contributed by atoms with van der Waals surface area (Å²) in [7, 11) is 2.81. The van der Waals surface area contributed by atoms with E-state index in [0.29, 0.717) is 11.3 Å². The molecule has 0 N–H and O–H groups in total. The highest BCUT2D eigenvalue weighted by Crippen LogP contribution is 2.08. The van der Waals surface area contributed by atoms with Crippen LogP contribution in [0.3, 0.4) is 0 Å². The lowest BCUT2D eigenvalue weighted by atomic mass is 10.3. The van der Waals surface area contributed by atoms with Gasteiger partial charge in [0, 0.05) is 17.7 Å². The second kappa shape index (κ2) is 4.87. The van der Waals surface area contributed by atoms with E-state index in [4.69, 9.17) is 4.74 Å². The molecule has 0 fully saturated rings. The molecule has 4 nitrogen and oxygen atoms in total. The number of pyridine rings is 1. The fourth-order valence-electron chi connectivity index (χ4n) is 0.773. The number of methoxy groups -OCH3 is 2. The van der Waals surface area contributed by atoms with E-state index in [1.54, 1.807) is 18.5 Å². The molecular weight excluding hydrogens is 182 g/mol. The van der Waals surface area contributed by atoms with Gasteiger partial charge in [-0.15, -0.1) is 0 Å². The summed E-state index contributed by atoms with van der Waals surface area (Å²) >= 11 is 0. The first kappa shape index (κ1) is 10.1. The molecule has 0 radical (unpaired) electrons. The minimum absolute atomic E-state index is 0.576. The number of esters is 1. The van der Waals surface area contributed by atoms with Gasteiger partial charge in [0.15, 0.2) is 0 Å². The molecule has 0 amide bonds. The van der Waals surface area contributed by atoms with Gasteiger partial charge < -0.3 is 9.47 Å². The third-order valence-electron chi connectivity index (χ3n) is 1.44. The van der Waals surface area contributed by atoms with E-state index in [0.717, 1.165) is 0 Å². The fraction of sp³-hybridized carbons (Fsp3) is 0.200. The zero-order valence-electron chi connectivity index (χ0n) is 7.90. The minimum Gasteiger partial charge on any atom is -0.495 e. The molecular formula is C10H9NO3. The molecule has 1 aromatic rings. The van der Waals surface area contributed by atoms with Gasteiger partial charge in [-0.05, 0) is 6.07 Å². The van der Waals surface area contributed by atoms with Gasteiger partial charge in [-0.3, -0.25) is 4.98 Å². The summed E-state index contributed by atoms with van der Waals surface area (Å²) in [5.74, 6) is 4.92. The van der Waals surface area contributed by atoms with Crippen LogP contribution in [-0.2, 0) is 9.53 Å². The monoisotopic (exact) mass is 191 g/mol. The second-order valence-electron chi connectivity index (χ2n) is 2.36. The van der Waals surface area contributed by atoms with Crippen molar-refractivity contribution in [2.45, 2.75) is 0 Å². The van der Waals surface area contributed by atoms with E-state index >= 15 is 0 Å². The maximum Gasteiger partial charge on any atom is 0.384 e. The van der Waals surface area contributed by atoms with Crippen LogP contribution >= 0.6 is 0 Å². The van der Waals surface area contributed by atoms with E-state index < -0.39 is 5.97 Å². The molecule has 72 valence electrons. The largest absolute Gasteiger partial charge is 0.495 e. The predicted octanol–water partition coefficient (Wildman–Crippen LogP) is 0.615. The van der Waals surface area contributed by atoms with Crippen LogP contribution in [0.4, 0.5) is 0 Å². The first-order valence-electron chi connectivity index (χ1n) is 3.85. The van der Waals surface area contributed by atoms with Crippen LogP contribution in [0.2, 0.25) is 0 Å². The van der Waals surface area contributed by atoms with Crippen LogP contribution in [0.1, 0.15) is 5.56 Å². The molecule has 0 aromatic carbocycles. The Morgan fingerprint density at radius 1 is 1.43 bits per heavy atom. The Morgan fingerprint density at radius 2 is 2.21 bits per heavy atom. The summed E-state index contributed by atoms with van der Waals surface area (Å²) in [6.07, 6.45) is 3.10. The van der Waals surface area contributed by atoms with E-state index in [9.17, 15) is 4.79 Å². The molecule has 0 spiro atoms. The van der Waals surface area contributed by atoms with E-state index in [1.807, 2.05) is 0 Å². The molecule has 0 saturated heterocycles. The van der Waals surface area contributed by atoms with E-state index in [-0.39, 0.29) is 0 Å². The number of nitrogens with zero attached hydrogens (tertiary/aromatic N) is 1. The van der Waals surface area contributed by atoms with Crippen LogP contribution < -0.4 is 4.74 Å². The number of carbonyl (C=O) groups is 1. The highest BCUT2D eigenvalue weighted by atomic mass is 16.5. The molecule has 0 bridgehead atoms. The van der Waals surface area contributed by atoms with Gasteiger partial charge in [0.25, 0.3) is 0 Å². The molecule has 1 rings (SSSR count). The SMILES string of the molecule is COC(=O)C#Cc1cncc(OC)c1. The number of hydrogen-bond donors (Lipinski definition) is 0. The molecule has 0 saturated carbocycles. The fourth-order valence-corrected chi connectivity index (χ4v) is 0.773. The normalized spacial score (nSPS) is 8.43. The lowest BCUT2D eigenvalue weighted by Crippen LogP contribution is -1.94. The van der Waals surface area contributed by atoms with Crippen LogP contribution in [0, 0.1) is 11.8 Å². The second-order valence-corrected chi connectivity index (χ2v) is 2.36. The molecule has 14 heavy (non-hydrogen) atoms. The highest BCUT2D eigenvalue weighted by Gasteiger charge is 1.94. The maximum atomic E-state index is 10.7. The van der Waals surface area contributed by atoms with Gasteiger partial charge in [-0.25, -0.2) is 4.79 Å². The van der Waals surface area contributed by atoms with Crippen molar-refractivity contribution in [2.75, 3.05) is 14.2 Å². The van der Waals surface area contributed by atoms with Gasteiger partial charge >= 0.3 is 5.97 Å². The van der Waals surface area contributed by atoms with Crippen molar-refractivity contribution >= 4 is 5.97 Å². The third kappa shape index (κ3) is 2.79. The lowest BCUT2D eigenvalue weighted by molar-refractivity contribution is -0.133. The van der Waals surface area contributed by atoms with Crippen molar-refractivity contribution in [3.63, 3.8) is 0 Å². The predicted molar refractivity (Wildman–Crippen MR) is 49.7 cm³/mol. The Balaban J connectivity index is 2.84. The Kier molecular flexibility index (Phi) is 3.50. The van der Waals surface area contributed by atoms with Gasteiger partial charge in [0.2, 0.25) is 0 Å². The number of ether oxygens (including phenoxy) is 2. The molecule has 0 aliphatic carbocycles. The summed E-state index contributed by atoms with van der Waals surface area (Å²) in [4.78, 5) is 14.6. The van der Waals surface area contributed by atoms with Crippen LogP contribution in [0.25, 0.3) is 0 Å². The minimum atomic E-state index is -0.576. The average Bonchev–Trinajstić information content (AvgIpc) is 2.26. The Hall–Kier alpha value is -2.02. The molecule has 0 unspecified atom stereocenters. The standard InChI is InChI=1S/C10H9NO3/c1-13-9-5-8(6-11-7-9)3-4-10(12)14-2/h5-7H,1-2H3. The van der Waals surface area contributed by atoms with Gasteiger partial charge in [-0.2, -0.15) is 0 Å². The molecule has 1 aromatic heterocycles. The topological polar surface area (TPSA) is 48.4 Å². The Labute approximate surface area is 81.9 Å². The maximum absolute atomic E-state index is 10.7. The van der Waals surface area contributed by atoms with Crippen LogP contribution in [0.5, 0.6) is 5.75 Å². The highest BCUT2D eigenvalue weighted by molar-refractivity contribution is 5.88. The van der Waals surface area contributed by atoms with Crippen molar-refractivity contribution < 1.29 is 14.3 Å². The van der Waals surface area contributed by atoms with Crippen molar-refractivity contribution in [2.24, 2.45) is 0 Å². The quantitative estimate of drug-likeness (QED) is 0.482. The Morgan fingerprint density at radius 3 is 2.86 bits per heavy atom. The Bertz CT molecular complexity index is 390. The smallest absolute Gasteiger partial charge is 0.384 e. The summed E-state index contributed by atoms with van der Waals surface area (Å²) in [6, 6.07) is 1.68. The lowest BCUT2D eigenvalue weighted by Gasteiger charge is -1.97. The first-order chi connectivity index (χ1) is 6.76.